The van der Waals surface area contributed by atoms with E-state index >= 15 is 0 Å². The Morgan fingerprint density at radius 1 is 1.23 bits per heavy atom. The third-order valence-electron chi connectivity index (χ3n) is 4.82. The van der Waals surface area contributed by atoms with E-state index in [4.69, 9.17) is 14.4 Å². The molecule has 0 bridgehead atoms. The van der Waals surface area contributed by atoms with Crippen LogP contribution in [0.1, 0.15) is 48.2 Å². The van der Waals surface area contributed by atoms with Gasteiger partial charge in [-0.3, -0.25) is 0 Å². The summed E-state index contributed by atoms with van der Waals surface area (Å²) in [5, 5.41) is 16.3. The summed E-state index contributed by atoms with van der Waals surface area (Å²) in [5.74, 6) is 3.19. The fraction of sp³-hybridized carbons (Fsp3) is 0.611. The Bertz CT molecular complexity index is 740. The lowest BCUT2D eigenvalue weighted by Gasteiger charge is -2.19. The van der Waals surface area contributed by atoms with E-state index in [1.807, 2.05) is 24.1 Å². The van der Waals surface area contributed by atoms with Gasteiger partial charge in [-0.2, -0.15) is 4.98 Å². The van der Waals surface area contributed by atoms with Gasteiger partial charge in [-0.1, -0.05) is 5.16 Å². The molecule has 1 aliphatic carbocycles. The molecule has 8 nitrogen and oxygen atoms in total. The van der Waals surface area contributed by atoms with Crippen molar-refractivity contribution in [1.29, 1.82) is 0 Å². The van der Waals surface area contributed by atoms with Crippen LogP contribution in [0.3, 0.4) is 0 Å². The number of anilines is 2. The molecular weight excluding hydrogens is 334 g/mol. The van der Waals surface area contributed by atoms with Crippen LogP contribution in [0.5, 0.6) is 0 Å². The van der Waals surface area contributed by atoms with Gasteiger partial charge in [0.25, 0.3) is 0 Å². The lowest BCUT2D eigenvalue weighted by molar-refractivity contribution is 0.193. The molecule has 0 radical (unpaired) electrons. The summed E-state index contributed by atoms with van der Waals surface area (Å²) in [6.45, 7) is 2.53. The van der Waals surface area contributed by atoms with Crippen molar-refractivity contribution in [3.05, 3.63) is 29.3 Å². The number of hydrogen-bond donors (Lipinski definition) is 2. The summed E-state index contributed by atoms with van der Waals surface area (Å²) in [6, 6.07) is 4.07. The van der Waals surface area contributed by atoms with E-state index in [9.17, 15) is 0 Å². The van der Waals surface area contributed by atoms with Crippen LogP contribution < -0.4 is 10.2 Å². The van der Waals surface area contributed by atoms with Gasteiger partial charge in [-0.15, -0.1) is 0 Å². The second kappa shape index (κ2) is 7.59. The van der Waals surface area contributed by atoms with Crippen LogP contribution in [0.25, 0.3) is 0 Å². The molecule has 1 saturated heterocycles. The van der Waals surface area contributed by atoms with Crippen molar-refractivity contribution in [2.75, 3.05) is 43.6 Å². The fourth-order valence-corrected chi connectivity index (χ4v) is 3.16. The zero-order chi connectivity index (χ0) is 17.9. The van der Waals surface area contributed by atoms with Gasteiger partial charge in [0.1, 0.15) is 17.3 Å². The first kappa shape index (κ1) is 17.2. The molecule has 1 saturated carbocycles. The molecule has 2 N–H and O–H groups in total. The van der Waals surface area contributed by atoms with E-state index in [2.05, 4.69) is 20.4 Å². The first-order chi connectivity index (χ1) is 12.7. The Kier molecular flexibility index (Phi) is 5.03. The smallest absolute Gasteiger partial charge is 0.224 e. The second-order valence-electron chi connectivity index (χ2n) is 7.04. The second-order valence-corrected chi connectivity index (χ2v) is 7.04. The van der Waals surface area contributed by atoms with Crippen LogP contribution in [0.15, 0.2) is 16.7 Å². The van der Waals surface area contributed by atoms with Crippen LogP contribution in [0, 0.1) is 0 Å². The minimum atomic E-state index is 0.0359. The quantitative estimate of drug-likeness (QED) is 0.737. The number of nitrogens with one attached hydrogen (secondary N) is 1. The van der Waals surface area contributed by atoms with Crippen LogP contribution in [-0.4, -0.2) is 53.6 Å². The predicted octanol–water partition coefficient (Wildman–Crippen LogP) is 1.89. The highest BCUT2D eigenvalue weighted by atomic mass is 16.5. The lowest BCUT2D eigenvalue weighted by atomic mass is 10.0. The van der Waals surface area contributed by atoms with E-state index in [0.29, 0.717) is 31.6 Å². The molecule has 0 aromatic carbocycles. The number of aliphatic hydroxyl groups excluding tert-OH is 1. The van der Waals surface area contributed by atoms with Gasteiger partial charge in [-0.25, -0.2) is 4.98 Å². The maximum Gasteiger partial charge on any atom is 0.224 e. The minimum absolute atomic E-state index is 0.0359. The van der Waals surface area contributed by atoms with Crippen molar-refractivity contribution < 1.29 is 14.4 Å². The molecule has 0 spiro atoms. The van der Waals surface area contributed by atoms with Crippen molar-refractivity contribution in [1.82, 2.24) is 15.1 Å². The Labute approximate surface area is 152 Å². The Morgan fingerprint density at radius 3 is 2.85 bits per heavy atom. The number of hydrogen-bond acceptors (Lipinski definition) is 8. The van der Waals surface area contributed by atoms with E-state index in [0.717, 1.165) is 36.0 Å². The number of aromatic nitrogens is 3. The first-order valence-corrected chi connectivity index (χ1v) is 9.21. The van der Waals surface area contributed by atoms with Gasteiger partial charge in [-0.05, 0) is 19.3 Å². The summed E-state index contributed by atoms with van der Waals surface area (Å²) in [5.41, 5.74) is 1.88. The van der Waals surface area contributed by atoms with Crippen molar-refractivity contribution in [2.45, 2.75) is 37.6 Å². The third kappa shape index (κ3) is 3.96. The molecule has 26 heavy (non-hydrogen) atoms. The maximum absolute atomic E-state index is 9.07. The molecule has 8 heteroatoms. The maximum atomic E-state index is 9.07. The number of nitrogens with zero attached hydrogens (tertiary/aromatic N) is 4. The molecule has 2 aliphatic rings. The van der Waals surface area contributed by atoms with Crippen molar-refractivity contribution in [3.8, 4) is 0 Å². The van der Waals surface area contributed by atoms with Gasteiger partial charge in [0.15, 0.2) is 0 Å². The topological polar surface area (TPSA) is 96.5 Å². The SMILES string of the molecule is CN(Cc1cc(C2CC2)on1)c1cc(C2CCOC2)nc(NCCO)n1. The monoisotopic (exact) mass is 359 g/mol. The predicted molar refractivity (Wildman–Crippen MR) is 96.4 cm³/mol. The summed E-state index contributed by atoms with van der Waals surface area (Å²) >= 11 is 0. The highest BCUT2D eigenvalue weighted by Crippen LogP contribution is 2.40. The van der Waals surface area contributed by atoms with E-state index in [1.165, 1.54) is 12.8 Å². The van der Waals surface area contributed by atoms with E-state index in [-0.39, 0.29) is 12.5 Å². The summed E-state index contributed by atoms with van der Waals surface area (Å²) < 4.78 is 10.9. The van der Waals surface area contributed by atoms with Gasteiger partial charge < -0.3 is 24.6 Å². The lowest BCUT2D eigenvalue weighted by Crippen LogP contribution is -2.20. The minimum Gasteiger partial charge on any atom is -0.395 e. The highest BCUT2D eigenvalue weighted by molar-refractivity contribution is 5.45. The van der Waals surface area contributed by atoms with E-state index < -0.39 is 0 Å². The van der Waals surface area contributed by atoms with Gasteiger partial charge in [0.05, 0.1) is 25.5 Å². The zero-order valence-electron chi connectivity index (χ0n) is 15.0. The molecule has 1 atom stereocenters. The average molecular weight is 359 g/mol. The molecule has 140 valence electrons. The molecule has 0 amide bonds. The molecule has 1 unspecified atom stereocenters. The molecule has 2 fully saturated rings. The van der Waals surface area contributed by atoms with Gasteiger partial charge in [0, 0.05) is 44.2 Å². The normalized spacial score (nSPS) is 19.7. The van der Waals surface area contributed by atoms with Gasteiger partial charge >= 0.3 is 0 Å². The Hall–Kier alpha value is -2.19. The van der Waals surface area contributed by atoms with Crippen LogP contribution >= 0.6 is 0 Å². The van der Waals surface area contributed by atoms with E-state index in [1.54, 1.807) is 0 Å². The van der Waals surface area contributed by atoms with Crippen molar-refractivity contribution in [3.63, 3.8) is 0 Å². The average Bonchev–Trinajstić information content (AvgIpc) is 3.16. The summed E-state index contributed by atoms with van der Waals surface area (Å²) in [4.78, 5) is 11.2. The number of ether oxygens (including phenoxy) is 1. The summed E-state index contributed by atoms with van der Waals surface area (Å²) in [7, 11) is 1.98. The highest BCUT2D eigenvalue weighted by Gasteiger charge is 2.28. The molecule has 2 aromatic heterocycles. The molecule has 2 aromatic rings. The number of aliphatic hydroxyl groups is 1. The number of rotatable bonds is 8. The van der Waals surface area contributed by atoms with Crippen molar-refractivity contribution >= 4 is 11.8 Å². The van der Waals surface area contributed by atoms with Crippen LogP contribution in [0.2, 0.25) is 0 Å². The molecule has 4 rings (SSSR count). The standard InChI is InChI=1S/C18H25N5O3/c1-23(10-14-8-16(26-22-14)12-2-3-12)17-9-15(13-4-7-25-11-13)20-18(21-17)19-5-6-24/h8-9,12-13,24H,2-7,10-11H2,1H3,(H,19,20,21). The molecular formula is C18H25N5O3. The first-order valence-electron chi connectivity index (χ1n) is 9.21. The zero-order valence-corrected chi connectivity index (χ0v) is 15.0. The fourth-order valence-electron chi connectivity index (χ4n) is 3.16. The van der Waals surface area contributed by atoms with Crippen molar-refractivity contribution in [2.24, 2.45) is 0 Å². The van der Waals surface area contributed by atoms with Crippen LogP contribution in [0.4, 0.5) is 11.8 Å². The Balaban J connectivity index is 1.52. The largest absolute Gasteiger partial charge is 0.395 e. The third-order valence-corrected chi connectivity index (χ3v) is 4.82. The van der Waals surface area contributed by atoms with Gasteiger partial charge in [0.2, 0.25) is 5.95 Å². The molecule has 1 aliphatic heterocycles. The van der Waals surface area contributed by atoms with Crippen LogP contribution in [-0.2, 0) is 11.3 Å². The molecule has 3 heterocycles. The Morgan fingerprint density at radius 2 is 2.12 bits per heavy atom. The summed E-state index contributed by atoms with van der Waals surface area (Å²) in [6.07, 6.45) is 3.36.